The van der Waals surface area contributed by atoms with E-state index in [4.69, 9.17) is 19.8 Å². The second kappa shape index (κ2) is 6.25. The SMILES string of the molecule is O=C(O)O.O=COCC(F)(F)F. The predicted octanol–water partition coefficient (Wildman–Crippen LogP) is 0.944. The van der Waals surface area contributed by atoms with E-state index >= 15 is 0 Å². The van der Waals surface area contributed by atoms with Crippen LogP contribution in [0.4, 0.5) is 18.0 Å². The minimum Gasteiger partial charge on any atom is -0.458 e. The topological polar surface area (TPSA) is 83.8 Å². The molecule has 0 aliphatic rings. The van der Waals surface area contributed by atoms with E-state index in [1.807, 2.05) is 0 Å². The van der Waals surface area contributed by atoms with Gasteiger partial charge in [-0.25, -0.2) is 4.79 Å². The molecule has 0 radical (unpaired) electrons. The number of carbonyl (C=O) groups excluding carboxylic acids is 1. The summed E-state index contributed by atoms with van der Waals surface area (Å²) in [6.07, 6.45) is -6.24. The van der Waals surface area contributed by atoms with Crippen LogP contribution in [-0.2, 0) is 9.53 Å². The van der Waals surface area contributed by atoms with Crippen molar-refractivity contribution in [1.29, 1.82) is 0 Å². The van der Waals surface area contributed by atoms with Gasteiger partial charge in [0.05, 0.1) is 0 Å². The molecule has 0 heterocycles. The van der Waals surface area contributed by atoms with Crippen molar-refractivity contribution in [3.63, 3.8) is 0 Å². The molecule has 0 rings (SSSR count). The van der Waals surface area contributed by atoms with Crippen molar-refractivity contribution in [1.82, 2.24) is 0 Å². The fourth-order valence-electron chi connectivity index (χ4n) is 0.129. The molecule has 72 valence electrons. The summed E-state index contributed by atoms with van der Waals surface area (Å²) in [6.45, 7) is -1.75. The zero-order valence-corrected chi connectivity index (χ0v) is 5.54. The van der Waals surface area contributed by atoms with Gasteiger partial charge < -0.3 is 14.9 Å². The lowest BCUT2D eigenvalue weighted by molar-refractivity contribution is -0.177. The van der Waals surface area contributed by atoms with Gasteiger partial charge in [0.15, 0.2) is 6.61 Å². The molecule has 12 heavy (non-hydrogen) atoms. The molecule has 0 aromatic rings. The molecule has 0 aliphatic heterocycles. The third kappa shape index (κ3) is 38.8. The summed E-state index contributed by atoms with van der Waals surface area (Å²) in [5, 5.41) is 13.9. The summed E-state index contributed by atoms with van der Waals surface area (Å²) >= 11 is 0. The first kappa shape index (κ1) is 13.1. The third-order valence-corrected chi connectivity index (χ3v) is 0.315. The van der Waals surface area contributed by atoms with Crippen LogP contribution in [0.15, 0.2) is 0 Å². The number of halogens is 3. The molecule has 0 unspecified atom stereocenters. The quantitative estimate of drug-likeness (QED) is 0.633. The van der Waals surface area contributed by atoms with E-state index in [2.05, 4.69) is 4.74 Å². The van der Waals surface area contributed by atoms with Gasteiger partial charge in [0.1, 0.15) is 0 Å². The summed E-state index contributed by atoms with van der Waals surface area (Å²) in [6, 6.07) is 0. The summed E-state index contributed by atoms with van der Waals surface area (Å²) in [7, 11) is 0. The Labute approximate surface area is 64.4 Å². The first-order valence-electron chi connectivity index (χ1n) is 2.33. The lowest BCUT2D eigenvalue weighted by atomic mass is 10.7. The average Bonchev–Trinajstić information content (AvgIpc) is 1.80. The molecule has 8 heteroatoms. The molecule has 0 aliphatic carbocycles. The van der Waals surface area contributed by atoms with E-state index in [0.717, 1.165) is 0 Å². The largest absolute Gasteiger partial charge is 0.503 e. The van der Waals surface area contributed by atoms with Crippen molar-refractivity contribution in [3.05, 3.63) is 0 Å². The van der Waals surface area contributed by atoms with Crippen molar-refractivity contribution in [2.75, 3.05) is 6.61 Å². The summed E-state index contributed by atoms with van der Waals surface area (Å²) < 4.78 is 36.3. The Bertz CT molecular complexity index is 138. The van der Waals surface area contributed by atoms with Crippen molar-refractivity contribution in [2.24, 2.45) is 0 Å². The van der Waals surface area contributed by atoms with Crippen LogP contribution in [-0.4, -0.2) is 35.6 Å². The van der Waals surface area contributed by atoms with Crippen molar-refractivity contribution in [3.8, 4) is 0 Å². The van der Waals surface area contributed by atoms with Gasteiger partial charge in [0, 0.05) is 0 Å². The Morgan fingerprint density at radius 1 is 1.42 bits per heavy atom. The van der Waals surface area contributed by atoms with E-state index in [0.29, 0.717) is 0 Å². The minimum atomic E-state index is -4.40. The molecule has 0 aromatic heterocycles. The molecule has 0 atom stereocenters. The van der Waals surface area contributed by atoms with E-state index in [-0.39, 0.29) is 6.47 Å². The molecule has 0 bridgehead atoms. The molecule has 0 saturated heterocycles. The summed E-state index contributed by atoms with van der Waals surface area (Å²) in [5.74, 6) is 0. The molecule has 0 fully saturated rings. The molecule has 0 amide bonds. The highest BCUT2D eigenvalue weighted by atomic mass is 19.4. The first-order valence-corrected chi connectivity index (χ1v) is 2.33. The normalized spacial score (nSPS) is 9.25. The second-order valence-electron chi connectivity index (χ2n) is 1.30. The van der Waals surface area contributed by atoms with Gasteiger partial charge in [0.25, 0.3) is 6.47 Å². The van der Waals surface area contributed by atoms with Gasteiger partial charge in [-0.3, -0.25) is 4.79 Å². The Kier molecular flexibility index (Phi) is 6.85. The first-order chi connectivity index (χ1) is 5.29. The number of ether oxygens (including phenoxy) is 1. The van der Waals surface area contributed by atoms with Crippen LogP contribution in [0, 0.1) is 0 Å². The summed E-state index contributed by atoms with van der Waals surface area (Å²) in [4.78, 5) is 17.7. The average molecular weight is 190 g/mol. The maximum Gasteiger partial charge on any atom is 0.503 e. The Morgan fingerprint density at radius 3 is 1.83 bits per heavy atom. The molecule has 2 N–H and O–H groups in total. The highest BCUT2D eigenvalue weighted by molar-refractivity contribution is 5.53. The number of carbonyl (C=O) groups is 2. The van der Waals surface area contributed by atoms with Crippen LogP contribution in [0.5, 0.6) is 0 Å². The van der Waals surface area contributed by atoms with Crippen LogP contribution in [0.2, 0.25) is 0 Å². The standard InChI is InChI=1S/C3H3F3O2.CH2O3/c4-3(5,6)1-8-2-7;2-1(3)4/h2H,1H2;(H2,2,3,4). The number of alkyl halides is 3. The summed E-state index contributed by atoms with van der Waals surface area (Å²) in [5.41, 5.74) is 0. The maximum atomic E-state index is 11.0. The van der Waals surface area contributed by atoms with Crippen LogP contribution in [0.3, 0.4) is 0 Å². The Balaban J connectivity index is 0. The van der Waals surface area contributed by atoms with Gasteiger partial charge in [-0.15, -0.1) is 0 Å². The Morgan fingerprint density at radius 2 is 1.75 bits per heavy atom. The predicted molar refractivity (Wildman–Crippen MR) is 28.7 cm³/mol. The van der Waals surface area contributed by atoms with Gasteiger partial charge in [-0.05, 0) is 0 Å². The molecule has 0 saturated carbocycles. The van der Waals surface area contributed by atoms with E-state index in [1.54, 1.807) is 0 Å². The smallest absolute Gasteiger partial charge is 0.458 e. The minimum absolute atomic E-state index is 0.243. The third-order valence-electron chi connectivity index (χ3n) is 0.315. The fourth-order valence-corrected chi connectivity index (χ4v) is 0.129. The highest BCUT2D eigenvalue weighted by Gasteiger charge is 2.27. The van der Waals surface area contributed by atoms with Gasteiger partial charge in [-0.2, -0.15) is 13.2 Å². The molecular weight excluding hydrogens is 185 g/mol. The van der Waals surface area contributed by atoms with Crippen molar-refractivity contribution < 1.29 is 37.7 Å². The van der Waals surface area contributed by atoms with Gasteiger partial charge in [0.2, 0.25) is 0 Å². The van der Waals surface area contributed by atoms with E-state index < -0.39 is 18.9 Å². The van der Waals surface area contributed by atoms with Crippen molar-refractivity contribution in [2.45, 2.75) is 6.18 Å². The highest BCUT2D eigenvalue weighted by Crippen LogP contribution is 2.13. The Hall–Kier alpha value is -1.47. The lowest BCUT2D eigenvalue weighted by Crippen LogP contribution is -2.15. The number of hydrogen-bond donors (Lipinski definition) is 2. The number of rotatable bonds is 2. The van der Waals surface area contributed by atoms with Crippen molar-refractivity contribution >= 4 is 12.6 Å². The lowest BCUT2D eigenvalue weighted by Gasteiger charge is -2.01. The molecule has 0 spiro atoms. The number of carboxylic acid groups (broad SMARTS) is 2. The molecular formula is C4H5F3O5. The van der Waals surface area contributed by atoms with Crippen LogP contribution in [0.1, 0.15) is 0 Å². The number of hydrogen-bond acceptors (Lipinski definition) is 3. The monoisotopic (exact) mass is 190 g/mol. The second-order valence-corrected chi connectivity index (χ2v) is 1.30. The van der Waals surface area contributed by atoms with Gasteiger partial charge >= 0.3 is 12.3 Å². The fraction of sp³-hybridized carbons (Fsp3) is 0.500. The van der Waals surface area contributed by atoms with Crippen LogP contribution >= 0.6 is 0 Å². The molecule has 0 aromatic carbocycles. The maximum absolute atomic E-state index is 11.0. The van der Waals surface area contributed by atoms with Crippen LogP contribution in [0.25, 0.3) is 0 Å². The van der Waals surface area contributed by atoms with E-state index in [1.165, 1.54) is 0 Å². The zero-order valence-electron chi connectivity index (χ0n) is 5.54. The van der Waals surface area contributed by atoms with Gasteiger partial charge in [-0.1, -0.05) is 0 Å². The van der Waals surface area contributed by atoms with Crippen LogP contribution < -0.4 is 0 Å². The molecule has 5 nitrogen and oxygen atoms in total. The van der Waals surface area contributed by atoms with E-state index in [9.17, 15) is 13.2 Å². The zero-order chi connectivity index (χ0) is 10.2.